The predicted molar refractivity (Wildman–Crippen MR) is 146 cm³/mol. The molecule has 0 saturated carbocycles. The first-order valence-corrected chi connectivity index (χ1v) is 13.0. The van der Waals surface area contributed by atoms with Crippen molar-refractivity contribution in [2.24, 2.45) is 0 Å². The van der Waals surface area contributed by atoms with E-state index in [9.17, 15) is 4.79 Å². The Balaban J connectivity index is 1.34. The lowest BCUT2D eigenvalue weighted by atomic mass is 9.98. The molecule has 1 amide bonds. The highest BCUT2D eigenvalue weighted by atomic mass is 32.2. The summed E-state index contributed by atoms with van der Waals surface area (Å²) < 4.78 is 0. The average Bonchev–Trinajstić information content (AvgIpc) is 3.50. The fourth-order valence-corrected chi connectivity index (χ4v) is 5.24. The van der Waals surface area contributed by atoms with Gasteiger partial charge in [-0.05, 0) is 54.6 Å². The maximum atomic E-state index is 13.1. The van der Waals surface area contributed by atoms with E-state index in [0.29, 0.717) is 10.7 Å². The molecule has 3 heterocycles. The van der Waals surface area contributed by atoms with Crippen LogP contribution in [0, 0.1) is 0 Å². The number of aromatic amines is 1. The first kappa shape index (κ1) is 23.9. The van der Waals surface area contributed by atoms with Crippen LogP contribution in [0.25, 0.3) is 23.1 Å². The van der Waals surface area contributed by atoms with Crippen molar-refractivity contribution in [3.05, 3.63) is 88.8 Å². The Morgan fingerprint density at radius 2 is 1.86 bits per heavy atom. The van der Waals surface area contributed by atoms with Crippen molar-refractivity contribution in [1.29, 1.82) is 0 Å². The van der Waals surface area contributed by atoms with E-state index in [0.717, 1.165) is 37.1 Å². The zero-order valence-electron chi connectivity index (χ0n) is 20.0. The SMILES string of the molecule is CC(C)(C)c1nnc(NC(=O)c2ccccc2Sc2ccc3c(/C=C/c4ccccn4)n[nH]c3c2)s1. The van der Waals surface area contributed by atoms with Crippen molar-refractivity contribution in [1.82, 2.24) is 25.4 Å². The number of rotatable bonds is 6. The largest absolute Gasteiger partial charge is 0.296 e. The third-order valence-corrected chi connectivity index (χ3v) is 7.64. The molecule has 0 atom stereocenters. The number of nitrogens with one attached hydrogen (secondary N) is 2. The van der Waals surface area contributed by atoms with Crippen molar-refractivity contribution >= 4 is 57.2 Å². The fourth-order valence-electron chi connectivity index (χ4n) is 3.46. The van der Waals surface area contributed by atoms with E-state index in [1.165, 1.54) is 23.1 Å². The van der Waals surface area contributed by atoms with E-state index >= 15 is 0 Å². The quantitative estimate of drug-likeness (QED) is 0.263. The average molecular weight is 513 g/mol. The van der Waals surface area contributed by atoms with Gasteiger partial charge in [-0.15, -0.1) is 10.2 Å². The molecule has 0 aliphatic heterocycles. The van der Waals surface area contributed by atoms with Gasteiger partial charge in [-0.1, -0.05) is 62.1 Å². The van der Waals surface area contributed by atoms with E-state index in [-0.39, 0.29) is 11.3 Å². The number of hydrogen-bond acceptors (Lipinski definition) is 7. The van der Waals surface area contributed by atoms with Crippen LogP contribution in [0.1, 0.15) is 47.5 Å². The van der Waals surface area contributed by atoms with Gasteiger partial charge < -0.3 is 0 Å². The second-order valence-corrected chi connectivity index (χ2v) is 11.2. The molecule has 0 unspecified atom stereocenters. The van der Waals surface area contributed by atoms with Gasteiger partial charge in [0.15, 0.2) is 0 Å². The predicted octanol–water partition coefficient (Wildman–Crippen LogP) is 6.68. The van der Waals surface area contributed by atoms with E-state index in [1.807, 2.05) is 72.8 Å². The smallest absolute Gasteiger partial charge is 0.258 e. The number of hydrogen-bond donors (Lipinski definition) is 2. The van der Waals surface area contributed by atoms with Gasteiger partial charge in [0.25, 0.3) is 5.91 Å². The van der Waals surface area contributed by atoms with E-state index < -0.39 is 0 Å². The third-order valence-electron chi connectivity index (χ3n) is 5.31. The lowest BCUT2D eigenvalue weighted by molar-refractivity contribution is 0.102. The standard InChI is InChI=1S/C27H24N6OS2/c1-27(2,3)25-32-33-26(36-25)29-24(34)20-9-4-5-10-23(20)35-18-12-13-19-21(30-31-22(19)16-18)14-11-17-8-6-7-15-28-17/h4-16H,1-3H3,(H,30,31)(H,29,33,34)/b14-11+. The number of aromatic nitrogens is 5. The maximum absolute atomic E-state index is 13.1. The number of pyridine rings is 1. The molecule has 0 aliphatic rings. The van der Waals surface area contributed by atoms with Crippen molar-refractivity contribution in [3.8, 4) is 0 Å². The van der Waals surface area contributed by atoms with E-state index in [1.54, 1.807) is 6.20 Å². The van der Waals surface area contributed by atoms with Crippen LogP contribution in [0.5, 0.6) is 0 Å². The van der Waals surface area contributed by atoms with Crippen molar-refractivity contribution in [2.75, 3.05) is 5.32 Å². The molecule has 36 heavy (non-hydrogen) atoms. The monoisotopic (exact) mass is 512 g/mol. The van der Waals surface area contributed by atoms with Crippen LogP contribution in [0.15, 0.2) is 76.7 Å². The molecule has 2 aromatic carbocycles. The summed E-state index contributed by atoms with van der Waals surface area (Å²) in [5, 5.41) is 21.2. The summed E-state index contributed by atoms with van der Waals surface area (Å²) in [7, 11) is 0. The van der Waals surface area contributed by atoms with Crippen LogP contribution in [-0.4, -0.2) is 31.3 Å². The molecule has 0 radical (unpaired) electrons. The minimum absolute atomic E-state index is 0.117. The van der Waals surface area contributed by atoms with Gasteiger partial charge in [0.1, 0.15) is 5.01 Å². The molecule has 5 rings (SSSR count). The van der Waals surface area contributed by atoms with Crippen LogP contribution in [0.3, 0.4) is 0 Å². The van der Waals surface area contributed by atoms with Gasteiger partial charge >= 0.3 is 0 Å². The van der Waals surface area contributed by atoms with Crippen molar-refractivity contribution < 1.29 is 4.79 Å². The van der Waals surface area contributed by atoms with Crippen LogP contribution in [0.2, 0.25) is 0 Å². The Hall–Kier alpha value is -3.82. The first-order chi connectivity index (χ1) is 17.4. The Morgan fingerprint density at radius 3 is 2.64 bits per heavy atom. The molecule has 0 fully saturated rings. The normalized spacial score (nSPS) is 11.9. The summed E-state index contributed by atoms with van der Waals surface area (Å²) in [5.74, 6) is -0.209. The Labute approximate surface area is 217 Å². The Morgan fingerprint density at radius 1 is 1.03 bits per heavy atom. The lowest BCUT2D eigenvalue weighted by Gasteiger charge is -2.12. The van der Waals surface area contributed by atoms with Gasteiger partial charge in [-0.25, -0.2) is 0 Å². The van der Waals surface area contributed by atoms with Gasteiger partial charge in [0.2, 0.25) is 5.13 Å². The van der Waals surface area contributed by atoms with Crippen LogP contribution in [0.4, 0.5) is 5.13 Å². The molecule has 7 nitrogen and oxygen atoms in total. The van der Waals surface area contributed by atoms with Crippen LogP contribution < -0.4 is 5.32 Å². The molecule has 2 N–H and O–H groups in total. The minimum atomic E-state index is -0.209. The number of nitrogens with zero attached hydrogens (tertiary/aromatic N) is 4. The molecule has 0 aliphatic carbocycles. The Bertz CT molecular complexity index is 1550. The molecule has 0 bridgehead atoms. The Kier molecular flexibility index (Phi) is 6.67. The fraction of sp³-hybridized carbons (Fsp3) is 0.148. The number of amides is 1. The molecule has 3 aromatic heterocycles. The molecular weight excluding hydrogens is 488 g/mol. The molecule has 180 valence electrons. The highest BCUT2D eigenvalue weighted by molar-refractivity contribution is 7.99. The van der Waals surface area contributed by atoms with Gasteiger partial charge in [0.05, 0.1) is 22.5 Å². The number of fused-ring (bicyclic) bond motifs is 1. The first-order valence-electron chi connectivity index (χ1n) is 11.4. The second-order valence-electron chi connectivity index (χ2n) is 9.12. The lowest BCUT2D eigenvalue weighted by Crippen LogP contribution is -2.12. The number of benzene rings is 2. The van der Waals surface area contributed by atoms with Gasteiger partial charge in [-0.3, -0.25) is 20.2 Å². The van der Waals surface area contributed by atoms with Crippen LogP contribution in [-0.2, 0) is 5.41 Å². The van der Waals surface area contributed by atoms with E-state index in [2.05, 4.69) is 51.5 Å². The highest BCUT2D eigenvalue weighted by Gasteiger charge is 2.21. The molecular formula is C27H24N6OS2. The van der Waals surface area contributed by atoms with Crippen molar-refractivity contribution in [2.45, 2.75) is 36.0 Å². The molecule has 5 aromatic rings. The topological polar surface area (TPSA) is 96.5 Å². The number of anilines is 1. The molecule has 0 spiro atoms. The summed E-state index contributed by atoms with van der Waals surface area (Å²) in [6, 6.07) is 19.5. The van der Waals surface area contributed by atoms with Crippen molar-refractivity contribution in [3.63, 3.8) is 0 Å². The third kappa shape index (κ3) is 5.37. The summed E-state index contributed by atoms with van der Waals surface area (Å²) >= 11 is 2.92. The second kappa shape index (κ2) is 10.0. The van der Waals surface area contributed by atoms with Gasteiger partial charge in [0, 0.05) is 26.8 Å². The summed E-state index contributed by atoms with van der Waals surface area (Å²) in [6.45, 7) is 6.21. The number of carbonyl (C=O) groups excluding carboxylic acids is 1. The molecule has 9 heteroatoms. The summed E-state index contributed by atoms with van der Waals surface area (Å²) in [4.78, 5) is 19.2. The molecule has 0 saturated heterocycles. The maximum Gasteiger partial charge on any atom is 0.258 e. The zero-order valence-corrected chi connectivity index (χ0v) is 21.7. The summed E-state index contributed by atoms with van der Waals surface area (Å²) in [5.41, 5.74) is 3.11. The zero-order chi connectivity index (χ0) is 25.1. The minimum Gasteiger partial charge on any atom is -0.296 e. The highest BCUT2D eigenvalue weighted by Crippen LogP contribution is 2.34. The number of H-pyrrole nitrogens is 1. The van der Waals surface area contributed by atoms with Gasteiger partial charge in [-0.2, -0.15) is 5.10 Å². The van der Waals surface area contributed by atoms with Crippen LogP contribution >= 0.6 is 23.1 Å². The summed E-state index contributed by atoms with van der Waals surface area (Å²) in [6.07, 6.45) is 5.66. The number of carbonyl (C=O) groups is 1. The van der Waals surface area contributed by atoms with E-state index in [4.69, 9.17) is 0 Å².